The zero-order valence-corrected chi connectivity index (χ0v) is 10.5. The minimum absolute atomic E-state index is 0.0801. The smallest absolute Gasteiger partial charge is 0.451 e. The molecule has 2 rings (SSSR count). The van der Waals surface area contributed by atoms with Gasteiger partial charge in [0, 0.05) is 5.92 Å². The SMILES string of the molecule is CC(C)(C)c1c([N+](=O)[O-])nn(C(=O)O)c1C1CC1. The summed E-state index contributed by atoms with van der Waals surface area (Å²) in [4.78, 5) is 21.6. The van der Waals surface area contributed by atoms with Crippen LogP contribution in [-0.2, 0) is 5.41 Å². The lowest BCUT2D eigenvalue weighted by molar-refractivity contribution is -0.390. The molecule has 18 heavy (non-hydrogen) atoms. The van der Waals surface area contributed by atoms with E-state index < -0.39 is 16.4 Å². The Bertz CT molecular complexity index is 523. The summed E-state index contributed by atoms with van der Waals surface area (Å²) in [6.07, 6.45) is 0.453. The van der Waals surface area contributed by atoms with Crippen LogP contribution in [0.25, 0.3) is 0 Å². The van der Waals surface area contributed by atoms with E-state index in [1.54, 1.807) is 0 Å². The molecule has 1 saturated carbocycles. The lowest BCUT2D eigenvalue weighted by atomic mass is 9.85. The molecule has 1 fully saturated rings. The van der Waals surface area contributed by atoms with Crippen molar-refractivity contribution in [3.05, 3.63) is 21.4 Å². The fourth-order valence-corrected chi connectivity index (χ4v) is 2.15. The third-order valence-electron chi connectivity index (χ3n) is 2.97. The Kier molecular flexibility index (Phi) is 2.64. The lowest BCUT2D eigenvalue weighted by Crippen LogP contribution is -2.18. The molecule has 98 valence electrons. The van der Waals surface area contributed by atoms with Gasteiger partial charge in [-0.2, -0.15) is 0 Å². The summed E-state index contributed by atoms with van der Waals surface area (Å²) < 4.78 is 0.774. The average molecular weight is 253 g/mol. The van der Waals surface area contributed by atoms with E-state index in [1.165, 1.54) is 0 Å². The maximum atomic E-state index is 11.1. The molecule has 1 N–H and O–H groups in total. The summed E-state index contributed by atoms with van der Waals surface area (Å²) in [6.45, 7) is 5.49. The normalized spacial score (nSPS) is 15.7. The molecule has 0 aromatic carbocycles. The number of carboxylic acid groups (broad SMARTS) is 1. The molecule has 7 nitrogen and oxygen atoms in total. The Morgan fingerprint density at radius 2 is 2.06 bits per heavy atom. The van der Waals surface area contributed by atoms with E-state index in [-0.39, 0.29) is 11.7 Å². The molecular formula is C11H15N3O4. The molecule has 1 aliphatic carbocycles. The van der Waals surface area contributed by atoms with Gasteiger partial charge in [-0.05, 0) is 23.2 Å². The van der Waals surface area contributed by atoms with Crippen LogP contribution in [0.4, 0.5) is 10.6 Å². The zero-order valence-electron chi connectivity index (χ0n) is 10.5. The minimum atomic E-state index is -1.27. The molecule has 0 aliphatic heterocycles. The monoisotopic (exact) mass is 253 g/mol. The number of nitrogens with zero attached hydrogens (tertiary/aromatic N) is 3. The van der Waals surface area contributed by atoms with Gasteiger partial charge < -0.3 is 15.2 Å². The van der Waals surface area contributed by atoms with Crippen LogP contribution in [0.2, 0.25) is 0 Å². The third-order valence-corrected chi connectivity index (χ3v) is 2.97. The van der Waals surface area contributed by atoms with Crippen LogP contribution in [-0.4, -0.2) is 25.9 Å². The van der Waals surface area contributed by atoms with Crippen LogP contribution < -0.4 is 0 Å². The van der Waals surface area contributed by atoms with E-state index in [4.69, 9.17) is 5.11 Å². The van der Waals surface area contributed by atoms with Crippen LogP contribution >= 0.6 is 0 Å². The van der Waals surface area contributed by atoms with Crippen molar-refractivity contribution in [3.8, 4) is 0 Å². The van der Waals surface area contributed by atoms with E-state index in [1.807, 2.05) is 20.8 Å². The first-order valence-corrected chi connectivity index (χ1v) is 5.74. The Labute approximate surface area is 104 Å². The Morgan fingerprint density at radius 1 is 1.50 bits per heavy atom. The molecule has 0 unspecified atom stereocenters. The molecule has 0 saturated heterocycles. The van der Waals surface area contributed by atoms with Crippen LogP contribution in [0.1, 0.15) is 50.8 Å². The largest absolute Gasteiger partial charge is 0.462 e. The summed E-state index contributed by atoms with van der Waals surface area (Å²) >= 11 is 0. The van der Waals surface area contributed by atoms with Gasteiger partial charge in [-0.15, -0.1) is 0 Å². The molecule has 0 radical (unpaired) electrons. The van der Waals surface area contributed by atoms with Gasteiger partial charge in [0.05, 0.1) is 16.4 Å². The highest BCUT2D eigenvalue weighted by Crippen LogP contribution is 2.47. The maximum Gasteiger partial charge on any atom is 0.451 e. The number of rotatable bonds is 2. The van der Waals surface area contributed by atoms with E-state index in [2.05, 4.69) is 5.10 Å². The van der Waals surface area contributed by atoms with E-state index in [0.717, 1.165) is 17.5 Å². The highest BCUT2D eigenvalue weighted by molar-refractivity contribution is 5.70. The first-order chi connectivity index (χ1) is 8.23. The van der Waals surface area contributed by atoms with Crippen molar-refractivity contribution in [2.24, 2.45) is 0 Å². The second-order valence-corrected chi connectivity index (χ2v) is 5.56. The predicted octanol–water partition coefficient (Wildman–Crippen LogP) is 2.49. The third kappa shape index (κ3) is 1.96. The van der Waals surface area contributed by atoms with Gasteiger partial charge in [0.15, 0.2) is 0 Å². The Balaban J connectivity index is 2.73. The average Bonchev–Trinajstić information content (AvgIpc) is 2.94. The second kappa shape index (κ2) is 3.79. The minimum Gasteiger partial charge on any atom is -0.462 e. The van der Waals surface area contributed by atoms with Gasteiger partial charge >= 0.3 is 11.9 Å². The van der Waals surface area contributed by atoms with E-state index >= 15 is 0 Å². The van der Waals surface area contributed by atoms with Crippen molar-refractivity contribution in [2.75, 3.05) is 0 Å². The molecule has 1 heterocycles. The molecule has 1 aromatic heterocycles. The van der Waals surface area contributed by atoms with Crippen molar-refractivity contribution in [3.63, 3.8) is 0 Å². The molecule has 0 bridgehead atoms. The predicted molar refractivity (Wildman–Crippen MR) is 63.0 cm³/mol. The van der Waals surface area contributed by atoms with Crippen LogP contribution in [0.5, 0.6) is 0 Å². The maximum absolute atomic E-state index is 11.1. The van der Waals surface area contributed by atoms with E-state index in [0.29, 0.717) is 11.3 Å². The summed E-state index contributed by atoms with van der Waals surface area (Å²) in [6, 6.07) is 0. The molecule has 1 aliphatic rings. The molecule has 7 heteroatoms. The number of nitro groups is 1. The Morgan fingerprint density at radius 3 is 2.39 bits per heavy atom. The highest BCUT2D eigenvalue weighted by atomic mass is 16.6. The van der Waals surface area contributed by atoms with Crippen molar-refractivity contribution in [1.29, 1.82) is 0 Å². The first-order valence-electron chi connectivity index (χ1n) is 5.74. The molecular weight excluding hydrogens is 238 g/mol. The van der Waals surface area contributed by atoms with Crippen LogP contribution in [0, 0.1) is 10.1 Å². The van der Waals surface area contributed by atoms with E-state index in [9.17, 15) is 14.9 Å². The zero-order chi connectivity index (χ0) is 13.7. The molecule has 0 atom stereocenters. The van der Waals surface area contributed by atoms with Gasteiger partial charge in [-0.1, -0.05) is 25.5 Å². The van der Waals surface area contributed by atoms with Gasteiger partial charge in [0.1, 0.15) is 0 Å². The highest BCUT2D eigenvalue weighted by Gasteiger charge is 2.43. The van der Waals surface area contributed by atoms with Crippen molar-refractivity contribution in [2.45, 2.75) is 44.9 Å². The topological polar surface area (TPSA) is 98.3 Å². The number of hydrogen-bond donors (Lipinski definition) is 1. The second-order valence-electron chi connectivity index (χ2n) is 5.56. The first kappa shape index (κ1) is 12.5. The fourth-order valence-electron chi connectivity index (χ4n) is 2.15. The van der Waals surface area contributed by atoms with Gasteiger partial charge in [0.2, 0.25) is 0 Å². The standard InChI is InChI=1S/C11H15N3O4/c1-11(2,3)7-8(6-4-5-6)13(10(15)16)12-9(7)14(17)18/h6H,4-5H2,1-3H3,(H,15,16). The van der Waals surface area contributed by atoms with Gasteiger partial charge in [-0.25, -0.2) is 4.79 Å². The quantitative estimate of drug-likeness (QED) is 0.644. The number of carbonyl (C=O) groups is 1. The number of aromatic nitrogens is 2. The number of hydrogen-bond acceptors (Lipinski definition) is 4. The van der Waals surface area contributed by atoms with Crippen LogP contribution in [0.15, 0.2) is 0 Å². The van der Waals surface area contributed by atoms with Gasteiger partial charge in [-0.3, -0.25) is 0 Å². The molecule has 1 aromatic rings. The fraction of sp³-hybridized carbons (Fsp3) is 0.636. The van der Waals surface area contributed by atoms with Gasteiger partial charge in [0.25, 0.3) is 0 Å². The van der Waals surface area contributed by atoms with Crippen molar-refractivity contribution < 1.29 is 14.8 Å². The summed E-state index contributed by atoms with van der Waals surface area (Å²) in [7, 11) is 0. The Hall–Kier alpha value is -1.92. The lowest BCUT2D eigenvalue weighted by Gasteiger charge is -2.17. The summed E-state index contributed by atoms with van der Waals surface area (Å²) in [5, 5.41) is 23.8. The van der Waals surface area contributed by atoms with Crippen LogP contribution in [0.3, 0.4) is 0 Å². The molecule has 0 amide bonds. The molecule has 0 spiro atoms. The summed E-state index contributed by atoms with van der Waals surface area (Å²) in [5.41, 5.74) is 0.424. The summed E-state index contributed by atoms with van der Waals surface area (Å²) in [5.74, 6) is -0.261. The van der Waals surface area contributed by atoms with Crippen molar-refractivity contribution >= 4 is 11.9 Å². The van der Waals surface area contributed by atoms with Crippen molar-refractivity contribution in [1.82, 2.24) is 9.78 Å².